The highest BCUT2D eigenvalue weighted by molar-refractivity contribution is 6.31. The van der Waals surface area contributed by atoms with Crippen LogP contribution in [0, 0.1) is 0 Å². The number of benzene rings is 1. The van der Waals surface area contributed by atoms with Crippen LogP contribution in [0.25, 0.3) is 0 Å². The van der Waals surface area contributed by atoms with Crippen molar-refractivity contribution >= 4 is 11.6 Å². The molecule has 0 fully saturated rings. The Kier molecular flexibility index (Phi) is 5.81. The predicted molar refractivity (Wildman–Crippen MR) is 68.8 cm³/mol. The Balaban J connectivity index is 2.40. The van der Waals surface area contributed by atoms with Gasteiger partial charge in [-0.15, -0.1) is 0 Å². The van der Waals surface area contributed by atoms with Gasteiger partial charge in [-0.2, -0.15) is 0 Å². The molecule has 0 radical (unpaired) electrons. The Morgan fingerprint density at radius 3 is 2.62 bits per heavy atom. The van der Waals surface area contributed by atoms with Gasteiger partial charge in [0, 0.05) is 18.2 Å². The van der Waals surface area contributed by atoms with E-state index in [1.54, 1.807) is 7.11 Å². The first-order valence-corrected chi connectivity index (χ1v) is 6.03. The van der Waals surface area contributed by atoms with Gasteiger partial charge in [0.2, 0.25) is 0 Å². The second-order valence-electron chi connectivity index (χ2n) is 4.18. The zero-order chi connectivity index (χ0) is 12.0. The summed E-state index contributed by atoms with van der Waals surface area (Å²) in [4.78, 5) is 0. The molecule has 0 heterocycles. The second-order valence-corrected chi connectivity index (χ2v) is 4.59. The first-order valence-electron chi connectivity index (χ1n) is 5.65. The van der Waals surface area contributed by atoms with E-state index < -0.39 is 0 Å². The Hall–Kier alpha value is -0.570. The molecule has 3 heteroatoms. The van der Waals surface area contributed by atoms with Crippen LogP contribution in [0.4, 0.5) is 0 Å². The van der Waals surface area contributed by atoms with Crippen LogP contribution in [0.5, 0.6) is 0 Å². The summed E-state index contributed by atoms with van der Waals surface area (Å²) in [5.41, 5.74) is 7.19. The molecule has 0 spiro atoms. The van der Waals surface area contributed by atoms with Crippen LogP contribution < -0.4 is 5.73 Å². The minimum atomic E-state index is 0.150. The molecule has 16 heavy (non-hydrogen) atoms. The van der Waals surface area contributed by atoms with Crippen LogP contribution in [0.1, 0.15) is 25.3 Å². The summed E-state index contributed by atoms with van der Waals surface area (Å²) in [6, 6.07) is 8.01. The molecule has 1 aromatic carbocycles. The quantitative estimate of drug-likeness (QED) is 0.831. The summed E-state index contributed by atoms with van der Waals surface area (Å²) < 4.78 is 5.19. The molecule has 0 aliphatic rings. The highest BCUT2D eigenvalue weighted by Gasteiger charge is 2.08. The molecule has 90 valence electrons. The third-order valence-corrected chi connectivity index (χ3v) is 3.16. The monoisotopic (exact) mass is 241 g/mol. The van der Waals surface area contributed by atoms with Gasteiger partial charge in [-0.25, -0.2) is 0 Å². The summed E-state index contributed by atoms with van der Waals surface area (Å²) in [5, 5.41) is 0.803. The van der Waals surface area contributed by atoms with E-state index in [0.717, 1.165) is 29.8 Å². The van der Waals surface area contributed by atoms with Gasteiger partial charge < -0.3 is 10.5 Å². The molecular formula is C13H20ClNO. The van der Waals surface area contributed by atoms with Gasteiger partial charge in [0.15, 0.2) is 0 Å². The van der Waals surface area contributed by atoms with Crippen LogP contribution in [-0.4, -0.2) is 19.3 Å². The molecule has 2 nitrogen and oxygen atoms in total. The maximum atomic E-state index is 6.08. The van der Waals surface area contributed by atoms with Gasteiger partial charge in [0.1, 0.15) is 0 Å². The molecule has 0 bridgehead atoms. The van der Waals surface area contributed by atoms with Crippen molar-refractivity contribution < 1.29 is 4.74 Å². The third kappa shape index (κ3) is 4.52. The van der Waals surface area contributed by atoms with Crippen molar-refractivity contribution in [2.75, 3.05) is 7.11 Å². The van der Waals surface area contributed by atoms with Crippen LogP contribution in [0.15, 0.2) is 24.3 Å². The minimum absolute atomic E-state index is 0.150. The molecular weight excluding hydrogens is 222 g/mol. The SMILES string of the molecule is COC(C)CCC(N)Cc1ccccc1Cl. The molecule has 0 amide bonds. The summed E-state index contributed by atoms with van der Waals surface area (Å²) in [7, 11) is 1.73. The van der Waals surface area contributed by atoms with Crippen molar-refractivity contribution in [3.05, 3.63) is 34.9 Å². The lowest BCUT2D eigenvalue weighted by Crippen LogP contribution is -2.24. The van der Waals surface area contributed by atoms with Crippen molar-refractivity contribution in [3.63, 3.8) is 0 Å². The largest absolute Gasteiger partial charge is 0.382 e. The van der Waals surface area contributed by atoms with Gasteiger partial charge in [-0.05, 0) is 37.8 Å². The predicted octanol–water partition coefficient (Wildman–Crippen LogP) is 3.02. The molecule has 0 aliphatic heterocycles. The standard InChI is InChI=1S/C13H20ClNO/c1-10(16-2)7-8-12(15)9-11-5-3-4-6-13(11)14/h3-6,10,12H,7-9,15H2,1-2H3. The second kappa shape index (κ2) is 6.89. The normalized spacial score (nSPS) is 14.8. The molecule has 2 unspecified atom stereocenters. The van der Waals surface area contributed by atoms with Gasteiger partial charge in [-0.1, -0.05) is 29.8 Å². The zero-order valence-electron chi connectivity index (χ0n) is 9.95. The first-order chi connectivity index (χ1) is 7.63. The Bertz CT molecular complexity index is 317. The lowest BCUT2D eigenvalue weighted by Gasteiger charge is -2.15. The number of ether oxygens (including phenoxy) is 1. The van der Waals surface area contributed by atoms with Crippen LogP contribution in [-0.2, 0) is 11.2 Å². The van der Waals surface area contributed by atoms with Crippen LogP contribution >= 0.6 is 11.6 Å². The van der Waals surface area contributed by atoms with E-state index in [-0.39, 0.29) is 12.1 Å². The van der Waals surface area contributed by atoms with Gasteiger partial charge in [0.25, 0.3) is 0 Å². The lowest BCUT2D eigenvalue weighted by atomic mass is 10.0. The highest BCUT2D eigenvalue weighted by Crippen LogP contribution is 2.17. The number of halogens is 1. The summed E-state index contributed by atoms with van der Waals surface area (Å²) in [5.74, 6) is 0. The number of rotatable bonds is 6. The van der Waals surface area contributed by atoms with E-state index in [0.29, 0.717) is 0 Å². The average molecular weight is 242 g/mol. The van der Waals surface area contributed by atoms with E-state index in [1.807, 2.05) is 24.3 Å². The molecule has 0 saturated heterocycles. The van der Waals surface area contributed by atoms with Crippen molar-refractivity contribution in [2.24, 2.45) is 5.73 Å². The van der Waals surface area contributed by atoms with Crippen LogP contribution in [0.3, 0.4) is 0 Å². The van der Waals surface area contributed by atoms with Gasteiger partial charge >= 0.3 is 0 Å². The topological polar surface area (TPSA) is 35.2 Å². The van der Waals surface area contributed by atoms with Crippen molar-refractivity contribution in [1.29, 1.82) is 0 Å². The molecule has 2 atom stereocenters. The van der Waals surface area contributed by atoms with Gasteiger partial charge in [-0.3, -0.25) is 0 Å². The fraction of sp³-hybridized carbons (Fsp3) is 0.538. The lowest BCUT2D eigenvalue weighted by molar-refractivity contribution is 0.107. The first kappa shape index (κ1) is 13.5. The number of hydrogen-bond donors (Lipinski definition) is 1. The average Bonchev–Trinajstić information content (AvgIpc) is 2.29. The Labute approximate surface area is 103 Å². The van der Waals surface area contributed by atoms with E-state index >= 15 is 0 Å². The minimum Gasteiger partial charge on any atom is -0.382 e. The maximum absolute atomic E-state index is 6.08. The fourth-order valence-electron chi connectivity index (χ4n) is 1.62. The van der Waals surface area contributed by atoms with E-state index in [2.05, 4.69) is 6.92 Å². The summed E-state index contributed by atoms with van der Waals surface area (Å²) in [6.45, 7) is 2.06. The van der Waals surface area contributed by atoms with Crippen molar-refractivity contribution in [3.8, 4) is 0 Å². The molecule has 2 N–H and O–H groups in total. The number of methoxy groups -OCH3 is 1. The molecule has 1 rings (SSSR count). The van der Waals surface area contributed by atoms with Crippen molar-refractivity contribution in [1.82, 2.24) is 0 Å². The molecule has 0 saturated carbocycles. The Morgan fingerprint density at radius 2 is 2.00 bits per heavy atom. The van der Waals surface area contributed by atoms with E-state index in [1.165, 1.54) is 0 Å². The zero-order valence-corrected chi connectivity index (χ0v) is 10.7. The number of hydrogen-bond acceptors (Lipinski definition) is 2. The van der Waals surface area contributed by atoms with E-state index in [4.69, 9.17) is 22.1 Å². The third-order valence-electron chi connectivity index (χ3n) is 2.79. The van der Waals surface area contributed by atoms with Crippen LogP contribution in [0.2, 0.25) is 5.02 Å². The maximum Gasteiger partial charge on any atom is 0.0543 e. The molecule has 0 aromatic heterocycles. The molecule has 1 aromatic rings. The fourth-order valence-corrected chi connectivity index (χ4v) is 1.83. The molecule has 0 aliphatic carbocycles. The number of nitrogens with two attached hydrogens (primary N) is 1. The Morgan fingerprint density at radius 1 is 1.31 bits per heavy atom. The van der Waals surface area contributed by atoms with Gasteiger partial charge in [0.05, 0.1) is 6.10 Å². The highest BCUT2D eigenvalue weighted by atomic mass is 35.5. The summed E-state index contributed by atoms with van der Waals surface area (Å²) >= 11 is 6.08. The van der Waals surface area contributed by atoms with E-state index in [9.17, 15) is 0 Å². The smallest absolute Gasteiger partial charge is 0.0543 e. The summed E-state index contributed by atoms with van der Waals surface area (Å²) in [6.07, 6.45) is 3.05. The van der Waals surface area contributed by atoms with Crippen molar-refractivity contribution in [2.45, 2.75) is 38.3 Å².